The van der Waals surface area contributed by atoms with Crippen LogP contribution in [-0.4, -0.2) is 18.0 Å². The summed E-state index contributed by atoms with van der Waals surface area (Å²) in [6.07, 6.45) is 2.06. The first-order chi connectivity index (χ1) is 10.2. The van der Waals surface area contributed by atoms with Gasteiger partial charge in [0.1, 0.15) is 6.04 Å². The van der Waals surface area contributed by atoms with Crippen molar-refractivity contribution in [2.45, 2.75) is 18.9 Å². The van der Waals surface area contributed by atoms with Crippen molar-refractivity contribution in [1.29, 1.82) is 0 Å². The Morgan fingerprint density at radius 1 is 1.14 bits per heavy atom. The molecule has 1 saturated carbocycles. The van der Waals surface area contributed by atoms with Crippen molar-refractivity contribution in [2.24, 2.45) is 5.92 Å². The molecule has 0 bridgehead atoms. The molecule has 2 heterocycles. The number of imide groups is 1. The van der Waals surface area contributed by atoms with Crippen LogP contribution < -0.4 is 10.2 Å². The van der Waals surface area contributed by atoms with E-state index >= 15 is 0 Å². The van der Waals surface area contributed by atoms with Gasteiger partial charge in [-0.25, -0.2) is 9.69 Å². The highest BCUT2D eigenvalue weighted by Gasteiger charge is 2.46. The molecule has 2 fully saturated rings. The van der Waals surface area contributed by atoms with Crippen molar-refractivity contribution >= 4 is 29.0 Å². The third kappa shape index (κ3) is 2.14. The molecule has 1 saturated heterocycles. The van der Waals surface area contributed by atoms with Crippen LogP contribution >= 0.6 is 11.3 Å². The minimum atomic E-state index is -0.331. The number of rotatable bonds is 3. The predicted octanol–water partition coefficient (Wildman–Crippen LogP) is 3.25. The zero-order valence-electron chi connectivity index (χ0n) is 11.3. The van der Waals surface area contributed by atoms with E-state index < -0.39 is 0 Å². The molecule has 1 N–H and O–H groups in total. The van der Waals surface area contributed by atoms with Crippen LogP contribution in [0.2, 0.25) is 0 Å². The number of thiophene rings is 1. The summed E-state index contributed by atoms with van der Waals surface area (Å²) < 4.78 is 0. The van der Waals surface area contributed by atoms with Crippen molar-refractivity contribution < 1.29 is 9.59 Å². The van der Waals surface area contributed by atoms with Crippen molar-refractivity contribution in [3.8, 4) is 10.4 Å². The summed E-state index contributed by atoms with van der Waals surface area (Å²) in [5.74, 6) is 0.206. The Labute approximate surface area is 126 Å². The molecular weight excluding hydrogens is 284 g/mol. The maximum atomic E-state index is 12.4. The number of anilines is 1. The predicted molar refractivity (Wildman–Crippen MR) is 82.3 cm³/mol. The lowest BCUT2D eigenvalue weighted by Crippen LogP contribution is -2.32. The number of carbonyl (C=O) groups excluding carboxylic acids is 2. The second-order valence-electron chi connectivity index (χ2n) is 5.47. The van der Waals surface area contributed by atoms with Crippen molar-refractivity contribution in [1.82, 2.24) is 5.32 Å². The molecule has 1 aliphatic carbocycles. The van der Waals surface area contributed by atoms with Gasteiger partial charge in [0.15, 0.2) is 0 Å². The van der Waals surface area contributed by atoms with Gasteiger partial charge in [-0.2, -0.15) is 0 Å². The zero-order chi connectivity index (χ0) is 14.4. The largest absolute Gasteiger partial charge is 0.329 e. The number of nitrogens with zero attached hydrogens (tertiary/aromatic N) is 1. The number of hydrogen-bond donors (Lipinski definition) is 1. The number of nitrogens with one attached hydrogen (secondary N) is 1. The van der Waals surface area contributed by atoms with Crippen LogP contribution in [0.4, 0.5) is 10.5 Å². The highest BCUT2D eigenvalue weighted by Crippen LogP contribution is 2.37. The summed E-state index contributed by atoms with van der Waals surface area (Å²) in [7, 11) is 0. The SMILES string of the molecule is O=C1NC(C2CC2)C(=O)N1c1cccc(-c2cccs2)c1. The van der Waals surface area contributed by atoms with Gasteiger partial charge in [-0.1, -0.05) is 18.2 Å². The van der Waals surface area contributed by atoms with E-state index in [4.69, 9.17) is 0 Å². The smallest absolute Gasteiger partial charge is 0.325 e. The van der Waals surface area contributed by atoms with E-state index in [0.29, 0.717) is 11.6 Å². The van der Waals surface area contributed by atoms with Gasteiger partial charge in [0.2, 0.25) is 0 Å². The third-order valence-electron chi connectivity index (χ3n) is 3.97. The summed E-state index contributed by atoms with van der Waals surface area (Å²) in [4.78, 5) is 27.0. The van der Waals surface area contributed by atoms with Crippen LogP contribution in [0.25, 0.3) is 10.4 Å². The average Bonchev–Trinajstić information content (AvgIpc) is 3.08. The Morgan fingerprint density at radius 3 is 2.71 bits per heavy atom. The maximum absolute atomic E-state index is 12.4. The Bertz CT molecular complexity index is 707. The molecule has 1 unspecified atom stereocenters. The van der Waals surface area contributed by atoms with Gasteiger partial charge in [-0.05, 0) is 47.9 Å². The normalized spacial score (nSPS) is 21.7. The van der Waals surface area contributed by atoms with Crippen LogP contribution in [0.5, 0.6) is 0 Å². The highest BCUT2D eigenvalue weighted by atomic mass is 32.1. The first-order valence-electron chi connectivity index (χ1n) is 7.02. The van der Waals surface area contributed by atoms with Crippen LogP contribution in [0.15, 0.2) is 41.8 Å². The number of benzene rings is 1. The average molecular weight is 298 g/mol. The van der Waals surface area contributed by atoms with Crippen LogP contribution in [0.1, 0.15) is 12.8 Å². The van der Waals surface area contributed by atoms with Crippen LogP contribution in [0.3, 0.4) is 0 Å². The van der Waals surface area contributed by atoms with Crippen molar-refractivity contribution in [3.63, 3.8) is 0 Å². The Morgan fingerprint density at radius 2 is 2.00 bits per heavy atom. The molecule has 1 aliphatic heterocycles. The Hall–Kier alpha value is -2.14. The fourth-order valence-corrected chi connectivity index (χ4v) is 3.46. The first-order valence-corrected chi connectivity index (χ1v) is 7.90. The summed E-state index contributed by atoms with van der Waals surface area (Å²) in [5.41, 5.74) is 1.67. The number of carbonyl (C=O) groups is 2. The van der Waals surface area contributed by atoms with Crippen molar-refractivity contribution in [3.05, 3.63) is 41.8 Å². The summed E-state index contributed by atoms with van der Waals surface area (Å²) >= 11 is 1.64. The number of amides is 3. The molecule has 1 aromatic carbocycles. The minimum Gasteiger partial charge on any atom is -0.325 e. The van der Waals surface area contributed by atoms with E-state index in [9.17, 15) is 9.59 Å². The van der Waals surface area contributed by atoms with E-state index in [1.54, 1.807) is 11.3 Å². The quantitative estimate of drug-likeness (QED) is 0.884. The van der Waals surface area contributed by atoms with Crippen molar-refractivity contribution in [2.75, 3.05) is 4.90 Å². The monoisotopic (exact) mass is 298 g/mol. The second kappa shape index (κ2) is 4.70. The molecule has 5 heteroatoms. The zero-order valence-corrected chi connectivity index (χ0v) is 12.1. The Kier molecular flexibility index (Phi) is 2.82. The number of hydrogen-bond acceptors (Lipinski definition) is 3. The van der Waals surface area contributed by atoms with E-state index in [1.165, 1.54) is 4.90 Å². The highest BCUT2D eigenvalue weighted by molar-refractivity contribution is 7.13. The molecule has 2 aliphatic rings. The van der Waals surface area contributed by atoms with Gasteiger partial charge in [0.05, 0.1) is 5.69 Å². The molecule has 1 atom stereocenters. The van der Waals surface area contributed by atoms with E-state index in [2.05, 4.69) is 5.32 Å². The molecule has 1 aromatic heterocycles. The lowest BCUT2D eigenvalue weighted by atomic mass is 10.1. The molecule has 106 valence electrons. The van der Waals surface area contributed by atoms with Gasteiger partial charge in [-0.15, -0.1) is 11.3 Å². The fourth-order valence-electron chi connectivity index (χ4n) is 2.73. The second-order valence-corrected chi connectivity index (χ2v) is 6.41. The standard InChI is InChI=1S/C16H14N2O2S/c19-15-14(10-6-7-10)17-16(20)18(15)12-4-1-3-11(9-12)13-5-2-8-21-13/h1-5,8-10,14H,6-7H2,(H,17,20). The van der Waals surface area contributed by atoms with Gasteiger partial charge in [-0.3, -0.25) is 4.79 Å². The molecule has 2 aromatic rings. The third-order valence-corrected chi connectivity index (χ3v) is 4.89. The molecule has 4 rings (SSSR count). The van der Waals surface area contributed by atoms with E-state index in [0.717, 1.165) is 23.3 Å². The lowest BCUT2D eigenvalue weighted by Gasteiger charge is -2.14. The molecule has 4 nitrogen and oxygen atoms in total. The summed E-state index contributed by atoms with van der Waals surface area (Å²) in [6.45, 7) is 0. The molecule has 0 spiro atoms. The van der Waals surface area contributed by atoms with Crippen LogP contribution in [0, 0.1) is 5.92 Å². The van der Waals surface area contributed by atoms with Gasteiger partial charge in [0.25, 0.3) is 5.91 Å². The van der Waals surface area contributed by atoms with Gasteiger partial charge in [0, 0.05) is 4.88 Å². The minimum absolute atomic E-state index is 0.120. The maximum Gasteiger partial charge on any atom is 0.329 e. The lowest BCUT2D eigenvalue weighted by molar-refractivity contribution is -0.118. The molecule has 21 heavy (non-hydrogen) atoms. The van der Waals surface area contributed by atoms with E-state index in [-0.39, 0.29) is 18.0 Å². The summed E-state index contributed by atoms with van der Waals surface area (Å²) in [6, 6.07) is 11.0. The Balaban J connectivity index is 1.68. The van der Waals surface area contributed by atoms with Crippen LogP contribution in [-0.2, 0) is 4.79 Å². The summed E-state index contributed by atoms with van der Waals surface area (Å²) in [5, 5.41) is 4.82. The van der Waals surface area contributed by atoms with E-state index in [1.807, 2.05) is 41.8 Å². The molecule has 3 amide bonds. The number of urea groups is 1. The fraction of sp³-hybridized carbons (Fsp3) is 0.250. The molecular formula is C16H14N2O2S. The van der Waals surface area contributed by atoms with Gasteiger partial charge >= 0.3 is 6.03 Å². The first kappa shape index (κ1) is 12.6. The van der Waals surface area contributed by atoms with Gasteiger partial charge < -0.3 is 5.32 Å². The molecule has 0 radical (unpaired) electrons. The topological polar surface area (TPSA) is 49.4 Å².